The molecule has 20 heavy (non-hydrogen) atoms. The third-order valence-electron chi connectivity index (χ3n) is 3.24. The number of pyridine rings is 2. The van der Waals surface area contributed by atoms with Crippen LogP contribution >= 0.6 is 0 Å². The molecule has 2 aromatic heterocycles. The van der Waals surface area contributed by atoms with Crippen LogP contribution in [0, 0.1) is 0 Å². The van der Waals surface area contributed by atoms with Crippen molar-refractivity contribution >= 4 is 5.91 Å². The van der Waals surface area contributed by atoms with E-state index in [0.29, 0.717) is 24.7 Å². The summed E-state index contributed by atoms with van der Waals surface area (Å²) in [6.07, 6.45) is 4.14. The van der Waals surface area contributed by atoms with Gasteiger partial charge in [-0.3, -0.25) is 9.78 Å². The van der Waals surface area contributed by atoms with Crippen LogP contribution in [0.25, 0.3) is 0 Å². The van der Waals surface area contributed by atoms with Gasteiger partial charge < -0.3 is 9.64 Å². The molecule has 0 saturated carbocycles. The summed E-state index contributed by atoms with van der Waals surface area (Å²) in [5.41, 5.74) is 0.478. The van der Waals surface area contributed by atoms with E-state index in [0.717, 1.165) is 6.42 Å². The summed E-state index contributed by atoms with van der Waals surface area (Å²) in [4.78, 5) is 22.2. The van der Waals surface area contributed by atoms with E-state index < -0.39 is 0 Å². The minimum absolute atomic E-state index is 0.00226. The lowest BCUT2D eigenvalue weighted by atomic mass is 10.3. The highest BCUT2D eigenvalue weighted by Crippen LogP contribution is 2.17. The van der Waals surface area contributed by atoms with Gasteiger partial charge in [0.25, 0.3) is 5.91 Å². The molecule has 0 aromatic carbocycles. The van der Waals surface area contributed by atoms with Gasteiger partial charge in [-0.25, -0.2) is 4.98 Å². The third kappa shape index (κ3) is 2.77. The SMILES string of the molecule is O=C(c1ccccn1)N1CCC(Oc2ccccn2)C1. The monoisotopic (exact) mass is 269 g/mol. The second kappa shape index (κ2) is 5.69. The first-order valence-corrected chi connectivity index (χ1v) is 6.61. The van der Waals surface area contributed by atoms with Crippen molar-refractivity contribution in [2.24, 2.45) is 0 Å². The molecule has 1 amide bonds. The number of carbonyl (C=O) groups excluding carboxylic acids is 1. The highest BCUT2D eigenvalue weighted by atomic mass is 16.5. The van der Waals surface area contributed by atoms with Gasteiger partial charge in [0.2, 0.25) is 5.88 Å². The summed E-state index contributed by atoms with van der Waals surface area (Å²) in [5.74, 6) is 0.558. The molecule has 1 saturated heterocycles. The van der Waals surface area contributed by atoms with Crippen LogP contribution in [0.3, 0.4) is 0 Å². The average molecular weight is 269 g/mol. The Morgan fingerprint density at radius 3 is 2.65 bits per heavy atom. The Hall–Kier alpha value is -2.43. The predicted molar refractivity (Wildman–Crippen MR) is 73.4 cm³/mol. The average Bonchev–Trinajstić information content (AvgIpc) is 2.97. The van der Waals surface area contributed by atoms with Gasteiger partial charge in [-0.15, -0.1) is 0 Å². The number of ether oxygens (including phenoxy) is 1. The van der Waals surface area contributed by atoms with Crippen LogP contribution in [-0.4, -0.2) is 40.0 Å². The number of rotatable bonds is 3. The van der Waals surface area contributed by atoms with E-state index in [9.17, 15) is 4.79 Å². The molecule has 102 valence electrons. The maximum atomic E-state index is 12.2. The van der Waals surface area contributed by atoms with Crippen LogP contribution in [0.2, 0.25) is 0 Å². The molecule has 3 rings (SSSR count). The second-order valence-corrected chi connectivity index (χ2v) is 4.66. The first-order valence-electron chi connectivity index (χ1n) is 6.61. The quantitative estimate of drug-likeness (QED) is 0.852. The summed E-state index contributed by atoms with van der Waals surface area (Å²) in [6, 6.07) is 10.9. The van der Waals surface area contributed by atoms with Gasteiger partial charge in [-0.05, 0) is 18.2 Å². The second-order valence-electron chi connectivity index (χ2n) is 4.66. The standard InChI is InChI=1S/C15H15N3O2/c19-15(13-5-1-3-8-16-13)18-10-7-12(11-18)20-14-6-2-4-9-17-14/h1-6,8-9,12H,7,10-11H2. The fourth-order valence-corrected chi connectivity index (χ4v) is 2.25. The number of carbonyl (C=O) groups is 1. The molecule has 0 radical (unpaired) electrons. The van der Waals surface area contributed by atoms with Crippen molar-refractivity contribution in [2.45, 2.75) is 12.5 Å². The van der Waals surface area contributed by atoms with Crippen molar-refractivity contribution in [3.8, 4) is 5.88 Å². The van der Waals surface area contributed by atoms with Gasteiger partial charge in [0, 0.05) is 31.4 Å². The molecule has 1 aliphatic rings. The number of nitrogens with zero attached hydrogens (tertiary/aromatic N) is 3. The summed E-state index contributed by atoms with van der Waals surface area (Å²) in [5, 5.41) is 0. The van der Waals surface area contributed by atoms with Crippen LogP contribution in [0.5, 0.6) is 5.88 Å². The predicted octanol–water partition coefficient (Wildman–Crippen LogP) is 1.77. The van der Waals surface area contributed by atoms with E-state index in [1.165, 1.54) is 0 Å². The summed E-state index contributed by atoms with van der Waals surface area (Å²) in [7, 11) is 0. The molecule has 0 aliphatic carbocycles. The molecule has 0 spiro atoms. The van der Waals surface area contributed by atoms with Gasteiger partial charge in [0.15, 0.2) is 0 Å². The zero-order chi connectivity index (χ0) is 13.8. The van der Waals surface area contributed by atoms with Gasteiger partial charge in [-0.1, -0.05) is 12.1 Å². The molecule has 1 aliphatic heterocycles. The van der Waals surface area contributed by atoms with Crippen molar-refractivity contribution in [3.63, 3.8) is 0 Å². The number of aromatic nitrogens is 2. The Kier molecular flexibility index (Phi) is 3.58. The van der Waals surface area contributed by atoms with E-state index in [1.54, 1.807) is 29.4 Å². The zero-order valence-corrected chi connectivity index (χ0v) is 11.0. The molecule has 1 fully saturated rings. The molecule has 0 bridgehead atoms. The van der Waals surface area contributed by atoms with Crippen LogP contribution in [0.15, 0.2) is 48.8 Å². The number of hydrogen-bond donors (Lipinski definition) is 0. The molecule has 1 unspecified atom stereocenters. The van der Waals surface area contributed by atoms with E-state index >= 15 is 0 Å². The normalized spacial score (nSPS) is 18.0. The van der Waals surface area contributed by atoms with Gasteiger partial charge in [0.05, 0.1) is 6.54 Å². The van der Waals surface area contributed by atoms with Crippen LogP contribution in [0.4, 0.5) is 0 Å². The number of likely N-dealkylation sites (tertiary alicyclic amines) is 1. The zero-order valence-electron chi connectivity index (χ0n) is 11.0. The molecule has 1 atom stereocenters. The number of amides is 1. The molecule has 2 aromatic rings. The molecule has 5 nitrogen and oxygen atoms in total. The topological polar surface area (TPSA) is 55.3 Å². The summed E-state index contributed by atoms with van der Waals surface area (Å²) in [6.45, 7) is 1.26. The highest BCUT2D eigenvalue weighted by molar-refractivity contribution is 5.92. The Balaban J connectivity index is 1.61. The fourth-order valence-electron chi connectivity index (χ4n) is 2.25. The van der Waals surface area contributed by atoms with Gasteiger partial charge in [-0.2, -0.15) is 0 Å². The Morgan fingerprint density at radius 1 is 1.15 bits per heavy atom. The smallest absolute Gasteiger partial charge is 0.272 e. The Morgan fingerprint density at radius 2 is 1.95 bits per heavy atom. The minimum atomic E-state index is -0.0438. The Labute approximate surface area is 117 Å². The maximum absolute atomic E-state index is 12.2. The van der Waals surface area contributed by atoms with Crippen LogP contribution in [-0.2, 0) is 0 Å². The van der Waals surface area contributed by atoms with E-state index in [1.807, 2.05) is 24.3 Å². The largest absolute Gasteiger partial charge is 0.472 e. The summed E-state index contributed by atoms with van der Waals surface area (Å²) < 4.78 is 5.77. The van der Waals surface area contributed by atoms with E-state index in [2.05, 4.69) is 9.97 Å². The lowest BCUT2D eigenvalue weighted by Crippen LogP contribution is -2.31. The van der Waals surface area contributed by atoms with Crippen molar-refractivity contribution in [2.75, 3.05) is 13.1 Å². The number of hydrogen-bond acceptors (Lipinski definition) is 4. The van der Waals surface area contributed by atoms with Crippen molar-refractivity contribution in [1.82, 2.24) is 14.9 Å². The van der Waals surface area contributed by atoms with E-state index in [4.69, 9.17) is 4.74 Å². The van der Waals surface area contributed by atoms with Crippen molar-refractivity contribution in [3.05, 3.63) is 54.5 Å². The van der Waals surface area contributed by atoms with Crippen molar-refractivity contribution in [1.29, 1.82) is 0 Å². The molecular weight excluding hydrogens is 254 g/mol. The van der Waals surface area contributed by atoms with Gasteiger partial charge in [0.1, 0.15) is 11.8 Å². The lowest BCUT2D eigenvalue weighted by molar-refractivity contribution is 0.0765. The molecule has 3 heterocycles. The molecule has 5 heteroatoms. The lowest BCUT2D eigenvalue weighted by Gasteiger charge is -2.16. The third-order valence-corrected chi connectivity index (χ3v) is 3.24. The van der Waals surface area contributed by atoms with Crippen LogP contribution < -0.4 is 4.74 Å². The molecular formula is C15H15N3O2. The molecule has 0 N–H and O–H groups in total. The maximum Gasteiger partial charge on any atom is 0.272 e. The Bertz CT molecular complexity index is 574. The van der Waals surface area contributed by atoms with E-state index in [-0.39, 0.29) is 12.0 Å². The first kappa shape index (κ1) is 12.6. The minimum Gasteiger partial charge on any atom is -0.472 e. The first-order chi connectivity index (χ1) is 9.83. The highest BCUT2D eigenvalue weighted by Gasteiger charge is 2.28. The van der Waals surface area contributed by atoms with Crippen molar-refractivity contribution < 1.29 is 9.53 Å². The van der Waals surface area contributed by atoms with Gasteiger partial charge >= 0.3 is 0 Å². The van der Waals surface area contributed by atoms with Crippen LogP contribution in [0.1, 0.15) is 16.9 Å². The summed E-state index contributed by atoms with van der Waals surface area (Å²) >= 11 is 0. The fraction of sp³-hybridized carbons (Fsp3) is 0.267.